The van der Waals surface area contributed by atoms with E-state index in [1.54, 1.807) is 0 Å². The van der Waals surface area contributed by atoms with Crippen molar-refractivity contribution in [2.75, 3.05) is 6.61 Å². The number of aliphatic carboxylic acids is 1. The minimum Gasteiger partial charge on any atom is -0.488 e. The summed E-state index contributed by atoms with van der Waals surface area (Å²) in [6.45, 7) is 2.27. The molecule has 0 bridgehead atoms. The molecule has 0 fully saturated rings. The van der Waals surface area contributed by atoms with E-state index in [0.29, 0.717) is 0 Å². The molecule has 0 saturated heterocycles. The van der Waals surface area contributed by atoms with Crippen molar-refractivity contribution in [1.29, 1.82) is 0 Å². The summed E-state index contributed by atoms with van der Waals surface area (Å²) in [6, 6.07) is 2.08. The van der Waals surface area contributed by atoms with Gasteiger partial charge < -0.3 is 9.84 Å². The Morgan fingerprint density at radius 1 is 1.32 bits per heavy atom. The maximum atomic E-state index is 13.6. The number of hydrogen-bond donors (Lipinski definition) is 1. The van der Waals surface area contributed by atoms with Gasteiger partial charge in [-0.3, -0.25) is 0 Å². The van der Waals surface area contributed by atoms with Gasteiger partial charge in [0.05, 0.1) is 6.61 Å². The van der Waals surface area contributed by atoms with E-state index in [1.807, 2.05) is 6.92 Å². The molecule has 1 rings (SSSR count). The highest BCUT2D eigenvalue weighted by molar-refractivity contribution is 5.85. The normalized spacial score (nSPS) is 10.9. The zero-order valence-corrected chi connectivity index (χ0v) is 10.7. The Morgan fingerprint density at radius 3 is 2.47 bits per heavy atom. The van der Waals surface area contributed by atoms with Crippen LogP contribution in [-0.2, 0) is 4.79 Å². The molecule has 0 aliphatic rings. The zero-order chi connectivity index (χ0) is 14.3. The molecule has 0 saturated carbocycles. The highest BCUT2D eigenvalue weighted by Crippen LogP contribution is 2.24. The van der Waals surface area contributed by atoms with Crippen molar-refractivity contribution in [2.45, 2.75) is 26.2 Å². The first-order chi connectivity index (χ1) is 9.04. The number of benzene rings is 1. The van der Waals surface area contributed by atoms with Gasteiger partial charge in [-0.2, -0.15) is 0 Å². The van der Waals surface area contributed by atoms with Crippen molar-refractivity contribution in [1.82, 2.24) is 0 Å². The summed E-state index contributed by atoms with van der Waals surface area (Å²) in [4.78, 5) is 10.3. The van der Waals surface area contributed by atoms with Gasteiger partial charge in [0.2, 0.25) is 0 Å². The predicted molar refractivity (Wildman–Crippen MR) is 68.0 cm³/mol. The van der Waals surface area contributed by atoms with E-state index >= 15 is 0 Å². The molecule has 0 amide bonds. The number of carbonyl (C=O) groups is 1. The van der Waals surface area contributed by atoms with Gasteiger partial charge in [0, 0.05) is 6.08 Å². The van der Waals surface area contributed by atoms with Crippen LogP contribution in [-0.4, -0.2) is 17.7 Å². The number of ether oxygens (including phenoxy) is 1. The fourth-order valence-electron chi connectivity index (χ4n) is 1.51. The van der Waals surface area contributed by atoms with E-state index in [0.717, 1.165) is 43.5 Å². The minimum absolute atomic E-state index is 0.137. The summed E-state index contributed by atoms with van der Waals surface area (Å²) >= 11 is 0. The molecule has 0 aliphatic carbocycles. The van der Waals surface area contributed by atoms with Crippen molar-refractivity contribution >= 4 is 12.0 Å². The minimum atomic E-state index is -1.18. The molecule has 5 heteroatoms. The highest BCUT2D eigenvalue weighted by Gasteiger charge is 2.11. The second-order valence-electron chi connectivity index (χ2n) is 4.04. The van der Waals surface area contributed by atoms with Crippen LogP contribution in [0, 0.1) is 11.6 Å². The van der Waals surface area contributed by atoms with Crippen LogP contribution >= 0.6 is 0 Å². The quantitative estimate of drug-likeness (QED) is 0.608. The molecule has 0 unspecified atom stereocenters. The van der Waals surface area contributed by atoms with Gasteiger partial charge in [-0.05, 0) is 30.2 Å². The summed E-state index contributed by atoms with van der Waals surface area (Å²) in [5.74, 6) is -3.26. The number of halogens is 2. The molecule has 0 radical (unpaired) electrons. The zero-order valence-electron chi connectivity index (χ0n) is 10.7. The molecular weight excluding hydrogens is 254 g/mol. The fourth-order valence-corrected chi connectivity index (χ4v) is 1.51. The van der Waals surface area contributed by atoms with Gasteiger partial charge in [-0.25, -0.2) is 13.6 Å². The number of carboxylic acid groups (broad SMARTS) is 1. The van der Waals surface area contributed by atoms with Crippen LogP contribution in [0.3, 0.4) is 0 Å². The average molecular weight is 270 g/mol. The van der Waals surface area contributed by atoms with Crippen LogP contribution in [0.4, 0.5) is 8.78 Å². The average Bonchev–Trinajstić information content (AvgIpc) is 2.34. The Kier molecular flexibility index (Phi) is 5.99. The Bertz CT molecular complexity index is 447. The molecule has 1 aromatic carbocycles. The van der Waals surface area contributed by atoms with E-state index in [-0.39, 0.29) is 12.2 Å². The number of unbranched alkanes of at least 4 members (excludes halogenated alkanes) is 2. The van der Waals surface area contributed by atoms with Gasteiger partial charge >= 0.3 is 5.97 Å². The first-order valence-corrected chi connectivity index (χ1v) is 6.07. The van der Waals surface area contributed by atoms with E-state index < -0.39 is 23.4 Å². The summed E-state index contributed by atoms with van der Waals surface area (Å²) in [7, 11) is 0. The Balaban J connectivity index is 2.76. The second-order valence-corrected chi connectivity index (χ2v) is 4.04. The van der Waals surface area contributed by atoms with Crippen molar-refractivity contribution in [3.63, 3.8) is 0 Å². The lowest BCUT2D eigenvalue weighted by atomic mass is 10.2. The third-order valence-corrected chi connectivity index (χ3v) is 2.43. The number of rotatable bonds is 7. The van der Waals surface area contributed by atoms with Crippen LogP contribution in [0.25, 0.3) is 6.08 Å². The molecule has 0 heterocycles. The standard InChI is InChI=1S/C14H16F2O3/c1-2-3-4-7-19-14-11(15)8-10(9-12(14)16)5-6-13(17)18/h5-6,8-9H,2-4,7H2,1H3,(H,17,18). The van der Waals surface area contributed by atoms with E-state index in [1.165, 1.54) is 0 Å². The van der Waals surface area contributed by atoms with Crippen molar-refractivity contribution < 1.29 is 23.4 Å². The smallest absolute Gasteiger partial charge is 0.328 e. The molecule has 0 aliphatic heterocycles. The topological polar surface area (TPSA) is 46.5 Å². The predicted octanol–water partition coefficient (Wildman–Crippen LogP) is 3.63. The van der Waals surface area contributed by atoms with Crippen LogP contribution in [0.2, 0.25) is 0 Å². The monoisotopic (exact) mass is 270 g/mol. The number of carboxylic acids is 1. The largest absolute Gasteiger partial charge is 0.488 e. The summed E-state index contributed by atoms with van der Waals surface area (Å²) in [5, 5.41) is 8.44. The molecule has 1 N–H and O–H groups in total. The first kappa shape index (κ1) is 15.1. The maximum absolute atomic E-state index is 13.6. The summed E-state index contributed by atoms with van der Waals surface area (Å²) in [6.07, 6.45) is 4.59. The van der Waals surface area contributed by atoms with E-state index in [2.05, 4.69) is 0 Å². The van der Waals surface area contributed by atoms with E-state index in [9.17, 15) is 13.6 Å². The third-order valence-electron chi connectivity index (χ3n) is 2.43. The third kappa shape index (κ3) is 5.07. The summed E-state index contributed by atoms with van der Waals surface area (Å²) < 4.78 is 32.3. The van der Waals surface area contributed by atoms with Gasteiger partial charge in [0.1, 0.15) is 0 Å². The fraction of sp³-hybridized carbons (Fsp3) is 0.357. The van der Waals surface area contributed by atoms with Gasteiger partial charge in [-0.15, -0.1) is 0 Å². The van der Waals surface area contributed by atoms with Crippen molar-refractivity contribution in [2.24, 2.45) is 0 Å². The molecule has 3 nitrogen and oxygen atoms in total. The molecule has 1 aromatic rings. The van der Waals surface area contributed by atoms with Crippen molar-refractivity contribution in [3.05, 3.63) is 35.4 Å². The first-order valence-electron chi connectivity index (χ1n) is 6.07. The molecular formula is C14H16F2O3. The molecule has 0 spiro atoms. The van der Waals surface area contributed by atoms with Crippen LogP contribution < -0.4 is 4.74 Å². The Hall–Kier alpha value is -1.91. The van der Waals surface area contributed by atoms with Crippen LogP contribution in [0.5, 0.6) is 5.75 Å². The Labute approximate surface area is 110 Å². The van der Waals surface area contributed by atoms with Crippen LogP contribution in [0.15, 0.2) is 18.2 Å². The molecule has 0 atom stereocenters. The van der Waals surface area contributed by atoms with Crippen molar-refractivity contribution in [3.8, 4) is 5.75 Å². The SMILES string of the molecule is CCCCCOc1c(F)cc(C=CC(=O)O)cc1F. The summed E-state index contributed by atoms with van der Waals surface area (Å²) in [5.41, 5.74) is 0.137. The maximum Gasteiger partial charge on any atom is 0.328 e. The lowest BCUT2D eigenvalue weighted by molar-refractivity contribution is -0.131. The Morgan fingerprint density at radius 2 is 1.95 bits per heavy atom. The molecule has 104 valence electrons. The van der Waals surface area contributed by atoms with Crippen LogP contribution in [0.1, 0.15) is 31.7 Å². The highest BCUT2D eigenvalue weighted by atomic mass is 19.1. The second kappa shape index (κ2) is 7.51. The van der Waals surface area contributed by atoms with Gasteiger partial charge in [0.15, 0.2) is 17.4 Å². The number of hydrogen-bond acceptors (Lipinski definition) is 2. The van der Waals surface area contributed by atoms with Gasteiger partial charge in [0.25, 0.3) is 0 Å². The molecule has 19 heavy (non-hydrogen) atoms. The van der Waals surface area contributed by atoms with E-state index in [4.69, 9.17) is 9.84 Å². The lowest BCUT2D eigenvalue weighted by Gasteiger charge is -2.08. The van der Waals surface area contributed by atoms with Gasteiger partial charge in [-0.1, -0.05) is 19.8 Å². The lowest BCUT2D eigenvalue weighted by Crippen LogP contribution is -2.02. The molecule has 0 aromatic heterocycles.